The summed E-state index contributed by atoms with van der Waals surface area (Å²) in [6.45, 7) is 0.358. The summed E-state index contributed by atoms with van der Waals surface area (Å²) in [6, 6.07) is 12.6. The van der Waals surface area contributed by atoms with Gasteiger partial charge in [-0.3, -0.25) is 4.79 Å². The highest BCUT2D eigenvalue weighted by Gasteiger charge is 2.16. The number of halogens is 2. The molecule has 3 aromatic rings. The highest BCUT2D eigenvalue weighted by Crippen LogP contribution is 2.22. The molecule has 6 heteroatoms. The summed E-state index contributed by atoms with van der Waals surface area (Å²) in [6.07, 6.45) is 2.37. The molecule has 0 spiro atoms. The molecule has 0 saturated heterocycles. The summed E-state index contributed by atoms with van der Waals surface area (Å²) in [5.74, 6) is -0.202. The van der Waals surface area contributed by atoms with E-state index in [9.17, 15) is 4.79 Å². The zero-order valence-electron chi connectivity index (χ0n) is 12.9. The first kappa shape index (κ1) is 16.8. The van der Waals surface area contributed by atoms with Gasteiger partial charge in [-0.1, -0.05) is 47.5 Å². The Morgan fingerprint density at radius 3 is 2.75 bits per heavy atom. The minimum Gasteiger partial charge on any atom is -0.361 e. The summed E-state index contributed by atoms with van der Waals surface area (Å²) in [5.41, 5.74) is 8.99. The van der Waals surface area contributed by atoms with Crippen molar-refractivity contribution in [2.24, 2.45) is 5.73 Å². The molecule has 124 valence electrons. The van der Waals surface area contributed by atoms with E-state index in [2.05, 4.69) is 10.3 Å². The number of aromatic amines is 1. The van der Waals surface area contributed by atoms with Gasteiger partial charge in [0.05, 0.1) is 16.1 Å². The van der Waals surface area contributed by atoms with Crippen molar-refractivity contribution in [3.63, 3.8) is 0 Å². The lowest BCUT2D eigenvalue weighted by molar-refractivity contribution is -0.122. The molecule has 0 radical (unpaired) electrons. The highest BCUT2D eigenvalue weighted by molar-refractivity contribution is 6.42. The van der Waals surface area contributed by atoms with Gasteiger partial charge in [0.1, 0.15) is 0 Å². The molecule has 1 aromatic heterocycles. The molecule has 1 unspecified atom stereocenters. The lowest BCUT2D eigenvalue weighted by atomic mass is 10.0. The topological polar surface area (TPSA) is 70.9 Å². The normalized spacial score (nSPS) is 12.3. The Labute approximate surface area is 149 Å². The maximum atomic E-state index is 12.2. The second-order valence-electron chi connectivity index (χ2n) is 5.64. The summed E-state index contributed by atoms with van der Waals surface area (Å²) in [5, 5.41) is 4.87. The number of hydrogen-bond acceptors (Lipinski definition) is 2. The molecule has 0 aliphatic rings. The van der Waals surface area contributed by atoms with Crippen molar-refractivity contribution in [1.82, 2.24) is 10.3 Å². The summed E-state index contributed by atoms with van der Waals surface area (Å²) >= 11 is 11.8. The van der Waals surface area contributed by atoms with Crippen LogP contribution < -0.4 is 11.1 Å². The Morgan fingerprint density at radius 1 is 1.17 bits per heavy atom. The smallest absolute Gasteiger partial charge is 0.237 e. The van der Waals surface area contributed by atoms with Crippen LogP contribution in [0.5, 0.6) is 0 Å². The van der Waals surface area contributed by atoms with Crippen LogP contribution in [0.2, 0.25) is 10.0 Å². The number of nitrogens with one attached hydrogen (secondary N) is 2. The third-order valence-corrected chi connectivity index (χ3v) is 4.64. The Balaban J connectivity index is 1.61. The number of hydrogen-bond donors (Lipinski definition) is 3. The number of benzene rings is 2. The van der Waals surface area contributed by atoms with E-state index in [1.807, 2.05) is 36.5 Å². The van der Waals surface area contributed by atoms with Crippen molar-refractivity contribution in [3.8, 4) is 0 Å². The lowest BCUT2D eigenvalue weighted by Gasteiger charge is -2.12. The number of fused-ring (bicyclic) bond motifs is 1. The van der Waals surface area contributed by atoms with Gasteiger partial charge in [-0.25, -0.2) is 0 Å². The fourth-order valence-electron chi connectivity index (χ4n) is 2.60. The van der Waals surface area contributed by atoms with E-state index in [4.69, 9.17) is 28.9 Å². The molecule has 1 amide bonds. The van der Waals surface area contributed by atoms with Gasteiger partial charge in [-0.15, -0.1) is 0 Å². The summed E-state index contributed by atoms with van der Waals surface area (Å²) < 4.78 is 0. The zero-order chi connectivity index (χ0) is 17.1. The van der Waals surface area contributed by atoms with Crippen LogP contribution in [-0.4, -0.2) is 16.9 Å². The number of nitrogens with two attached hydrogens (primary N) is 1. The summed E-state index contributed by atoms with van der Waals surface area (Å²) in [4.78, 5) is 15.4. The number of rotatable bonds is 5. The molecule has 0 aliphatic heterocycles. The largest absolute Gasteiger partial charge is 0.361 e. The number of aromatic nitrogens is 1. The minimum absolute atomic E-state index is 0.202. The quantitative estimate of drug-likeness (QED) is 0.648. The summed E-state index contributed by atoms with van der Waals surface area (Å²) in [7, 11) is 0. The second kappa shape index (κ2) is 7.26. The van der Waals surface area contributed by atoms with Crippen LogP contribution in [0, 0.1) is 0 Å². The van der Waals surface area contributed by atoms with Gasteiger partial charge in [-0.2, -0.15) is 0 Å². The van der Waals surface area contributed by atoms with E-state index in [1.54, 1.807) is 12.1 Å². The van der Waals surface area contributed by atoms with Crippen LogP contribution >= 0.6 is 23.2 Å². The molecule has 1 atom stereocenters. The molecular formula is C18H17Cl2N3O. The standard InChI is InChI=1S/C18H17Cl2N3O/c19-14-6-5-11(7-15(14)20)9-23-18(24)16(21)8-12-10-22-17-4-2-1-3-13(12)17/h1-7,10,16,22H,8-9,21H2,(H,23,24). The van der Waals surface area contributed by atoms with Crippen molar-refractivity contribution in [2.45, 2.75) is 19.0 Å². The first-order valence-corrected chi connectivity index (χ1v) is 8.32. The number of carbonyl (C=O) groups excluding carboxylic acids is 1. The van der Waals surface area contributed by atoms with Crippen molar-refractivity contribution in [1.29, 1.82) is 0 Å². The van der Waals surface area contributed by atoms with Crippen LogP contribution in [0.4, 0.5) is 0 Å². The van der Waals surface area contributed by atoms with Crippen molar-refractivity contribution >= 4 is 40.0 Å². The number of para-hydroxylation sites is 1. The maximum Gasteiger partial charge on any atom is 0.237 e. The average Bonchev–Trinajstić information content (AvgIpc) is 2.99. The fraction of sp³-hybridized carbons (Fsp3) is 0.167. The van der Waals surface area contributed by atoms with Crippen molar-refractivity contribution in [2.75, 3.05) is 0 Å². The van der Waals surface area contributed by atoms with E-state index in [0.29, 0.717) is 23.0 Å². The maximum absolute atomic E-state index is 12.2. The number of amides is 1. The predicted molar refractivity (Wildman–Crippen MR) is 98.3 cm³/mol. The van der Waals surface area contributed by atoms with Gasteiger partial charge >= 0.3 is 0 Å². The van der Waals surface area contributed by atoms with Crippen molar-refractivity contribution in [3.05, 3.63) is 69.8 Å². The molecule has 3 rings (SSSR count). The second-order valence-corrected chi connectivity index (χ2v) is 6.45. The van der Waals surface area contributed by atoms with Gasteiger partial charge in [0.25, 0.3) is 0 Å². The molecule has 4 N–H and O–H groups in total. The van der Waals surface area contributed by atoms with Crippen LogP contribution in [-0.2, 0) is 17.8 Å². The van der Waals surface area contributed by atoms with Gasteiger partial charge in [0, 0.05) is 23.6 Å². The molecule has 24 heavy (non-hydrogen) atoms. The molecular weight excluding hydrogens is 345 g/mol. The zero-order valence-corrected chi connectivity index (χ0v) is 14.4. The van der Waals surface area contributed by atoms with E-state index in [0.717, 1.165) is 22.0 Å². The number of H-pyrrole nitrogens is 1. The molecule has 2 aromatic carbocycles. The van der Waals surface area contributed by atoms with E-state index >= 15 is 0 Å². The van der Waals surface area contributed by atoms with E-state index in [1.165, 1.54) is 0 Å². The molecule has 0 aliphatic carbocycles. The Bertz CT molecular complexity index is 876. The Morgan fingerprint density at radius 2 is 1.96 bits per heavy atom. The predicted octanol–water partition coefficient (Wildman–Crippen LogP) is 3.66. The fourth-order valence-corrected chi connectivity index (χ4v) is 2.92. The van der Waals surface area contributed by atoms with Crippen LogP contribution in [0.15, 0.2) is 48.7 Å². The molecule has 0 bridgehead atoms. The molecule has 0 fully saturated rings. The van der Waals surface area contributed by atoms with Crippen LogP contribution in [0.1, 0.15) is 11.1 Å². The Kier molecular flexibility index (Phi) is 5.09. The van der Waals surface area contributed by atoms with Gasteiger partial charge in [0.2, 0.25) is 5.91 Å². The first-order valence-electron chi connectivity index (χ1n) is 7.57. The minimum atomic E-state index is -0.619. The molecule has 4 nitrogen and oxygen atoms in total. The third-order valence-electron chi connectivity index (χ3n) is 3.90. The lowest BCUT2D eigenvalue weighted by Crippen LogP contribution is -2.41. The van der Waals surface area contributed by atoms with Gasteiger partial charge < -0.3 is 16.0 Å². The van der Waals surface area contributed by atoms with Gasteiger partial charge in [-0.05, 0) is 35.7 Å². The first-order chi connectivity index (χ1) is 11.5. The SMILES string of the molecule is NC(Cc1c[nH]c2ccccc12)C(=O)NCc1ccc(Cl)c(Cl)c1. The van der Waals surface area contributed by atoms with Gasteiger partial charge in [0.15, 0.2) is 0 Å². The van der Waals surface area contributed by atoms with Crippen LogP contribution in [0.3, 0.4) is 0 Å². The molecule has 0 saturated carbocycles. The monoisotopic (exact) mass is 361 g/mol. The third kappa shape index (κ3) is 3.73. The average molecular weight is 362 g/mol. The highest BCUT2D eigenvalue weighted by atomic mass is 35.5. The van der Waals surface area contributed by atoms with E-state index < -0.39 is 6.04 Å². The van der Waals surface area contributed by atoms with Crippen LogP contribution in [0.25, 0.3) is 10.9 Å². The van der Waals surface area contributed by atoms with E-state index in [-0.39, 0.29) is 5.91 Å². The Hall–Kier alpha value is -2.01. The number of carbonyl (C=O) groups is 1. The van der Waals surface area contributed by atoms with Crippen molar-refractivity contribution < 1.29 is 4.79 Å². The molecule has 1 heterocycles.